The first-order chi connectivity index (χ1) is 16.4. The Kier molecular flexibility index (Phi) is 7.57. The number of aromatic nitrogens is 2. The average molecular weight is 488 g/mol. The maximum Gasteiger partial charge on any atom is 0.312 e. The Labute approximate surface area is 202 Å². The van der Waals surface area contributed by atoms with Gasteiger partial charge in [-0.15, -0.1) is 0 Å². The zero-order valence-corrected chi connectivity index (χ0v) is 20.5. The van der Waals surface area contributed by atoms with Crippen LogP contribution < -0.4 is 10.9 Å². The highest BCUT2D eigenvalue weighted by molar-refractivity contribution is 6.34. The van der Waals surface area contributed by atoms with Crippen molar-refractivity contribution in [2.24, 2.45) is 0 Å². The van der Waals surface area contributed by atoms with Crippen LogP contribution in [0.3, 0.4) is 0 Å². The summed E-state index contributed by atoms with van der Waals surface area (Å²) in [5.74, 6) is -3.45. The van der Waals surface area contributed by atoms with Gasteiger partial charge in [0.05, 0.1) is 6.04 Å². The summed E-state index contributed by atoms with van der Waals surface area (Å²) >= 11 is 0. The summed E-state index contributed by atoms with van der Waals surface area (Å²) in [4.78, 5) is 57.7. The molecule has 2 heterocycles. The fourth-order valence-corrected chi connectivity index (χ4v) is 4.09. The largest absolute Gasteiger partial charge is 0.501 e. The number of aryl methyl sites for hydroxylation is 1. The van der Waals surface area contributed by atoms with Crippen molar-refractivity contribution in [2.45, 2.75) is 51.7 Å². The number of halogens is 1. The molecule has 1 aliphatic rings. The normalized spacial score (nSPS) is 17.2. The lowest BCUT2D eigenvalue weighted by Crippen LogP contribution is -2.44. The minimum absolute atomic E-state index is 0.0505. The molecule has 11 heteroatoms. The lowest BCUT2D eigenvalue weighted by atomic mass is 10.1. The summed E-state index contributed by atoms with van der Waals surface area (Å²) in [6.07, 6.45) is 1.62. The van der Waals surface area contributed by atoms with Crippen LogP contribution in [0, 0.1) is 12.7 Å². The fourth-order valence-electron chi connectivity index (χ4n) is 4.09. The lowest BCUT2D eigenvalue weighted by molar-refractivity contribution is -0.151. The number of hydrogen-bond acceptors (Lipinski definition) is 6. The second-order valence-corrected chi connectivity index (χ2v) is 9.02. The molecule has 10 nitrogen and oxygen atoms in total. The number of fused-ring (bicyclic) bond motifs is 1. The molecule has 1 aliphatic heterocycles. The molecule has 2 N–H and O–H groups in total. The van der Waals surface area contributed by atoms with Crippen LogP contribution in [0.4, 0.5) is 4.39 Å². The van der Waals surface area contributed by atoms with Crippen LogP contribution in [0.25, 0.3) is 0 Å². The van der Waals surface area contributed by atoms with E-state index >= 15 is 0 Å². The number of nitrogens with zero attached hydrogens (tertiary/aromatic N) is 4. The van der Waals surface area contributed by atoms with Gasteiger partial charge >= 0.3 is 11.8 Å². The molecule has 0 fully saturated rings. The summed E-state index contributed by atoms with van der Waals surface area (Å²) in [5.41, 5.74) is -0.343. The van der Waals surface area contributed by atoms with Gasteiger partial charge in [-0.2, -0.15) is 0 Å². The number of amides is 3. The summed E-state index contributed by atoms with van der Waals surface area (Å²) in [6.45, 7) is 3.35. The molecule has 0 bridgehead atoms. The molecule has 2 aromatic rings. The summed E-state index contributed by atoms with van der Waals surface area (Å²) in [5, 5.41) is 13.1. The minimum atomic E-state index is -0.821. The van der Waals surface area contributed by atoms with Gasteiger partial charge in [-0.25, -0.2) is 9.37 Å². The number of rotatable bonds is 4. The molecule has 0 saturated carbocycles. The van der Waals surface area contributed by atoms with E-state index < -0.39 is 46.6 Å². The van der Waals surface area contributed by atoms with Gasteiger partial charge in [0.25, 0.3) is 11.5 Å². The first-order valence-electron chi connectivity index (χ1n) is 11.3. The molecule has 35 heavy (non-hydrogen) atoms. The lowest BCUT2D eigenvalue weighted by Gasteiger charge is -2.29. The third-order valence-electron chi connectivity index (χ3n) is 6.24. The second kappa shape index (κ2) is 10.2. The van der Waals surface area contributed by atoms with E-state index in [1.54, 1.807) is 26.0 Å². The van der Waals surface area contributed by atoms with Crippen molar-refractivity contribution < 1.29 is 23.9 Å². The highest BCUT2D eigenvalue weighted by atomic mass is 19.1. The smallest absolute Gasteiger partial charge is 0.312 e. The zero-order valence-electron chi connectivity index (χ0n) is 20.5. The van der Waals surface area contributed by atoms with Gasteiger partial charge < -0.3 is 20.2 Å². The van der Waals surface area contributed by atoms with Crippen molar-refractivity contribution in [3.05, 3.63) is 57.0 Å². The monoisotopic (exact) mass is 487 g/mol. The van der Waals surface area contributed by atoms with Crippen LogP contribution in [0.5, 0.6) is 5.75 Å². The third kappa shape index (κ3) is 5.18. The maximum atomic E-state index is 13.8. The van der Waals surface area contributed by atoms with Crippen LogP contribution in [0.2, 0.25) is 0 Å². The first kappa shape index (κ1) is 25.9. The molecule has 3 rings (SSSR count). The van der Waals surface area contributed by atoms with E-state index in [0.29, 0.717) is 30.4 Å². The molecule has 0 aliphatic carbocycles. The average Bonchev–Trinajstić information content (AvgIpc) is 2.98. The topological polar surface area (TPSA) is 125 Å². The predicted octanol–water partition coefficient (Wildman–Crippen LogP) is 1.66. The maximum absolute atomic E-state index is 13.8. The highest BCUT2D eigenvalue weighted by Crippen LogP contribution is 2.32. The Morgan fingerprint density at radius 3 is 2.51 bits per heavy atom. The van der Waals surface area contributed by atoms with E-state index in [0.717, 1.165) is 4.90 Å². The van der Waals surface area contributed by atoms with E-state index in [4.69, 9.17) is 0 Å². The molecule has 2 atom stereocenters. The Morgan fingerprint density at radius 1 is 1.20 bits per heavy atom. The molecule has 188 valence electrons. The Morgan fingerprint density at radius 2 is 1.89 bits per heavy atom. The number of hydrogen-bond donors (Lipinski definition) is 2. The summed E-state index contributed by atoms with van der Waals surface area (Å²) < 4.78 is 15.1. The number of benzene rings is 1. The van der Waals surface area contributed by atoms with Crippen LogP contribution in [0.1, 0.15) is 65.7 Å². The Bertz CT molecular complexity index is 1230. The molecule has 1 unspecified atom stereocenters. The molecular formula is C24H30FN5O5. The van der Waals surface area contributed by atoms with Gasteiger partial charge in [0.2, 0.25) is 5.75 Å². The van der Waals surface area contributed by atoms with Crippen LogP contribution in [-0.4, -0.2) is 63.3 Å². The standard InChI is InChI=1S/C24H30FN5O5/c1-13-9-10-15(11-16(13)25)12-26-21(32)18-19(31)22(33)30-14(2)7-6-8-17(20(30)27-18)29(5)24(35)23(34)28(3)4/h9-11,14,17,31H,6-8,12H2,1-5H3,(H,26,32)/t14-,17?/m1/s1. The van der Waals surface area contributed by atoms with E-state index in [9.17, 15) is 28.7 Å². The molecule has 3 amide bonds. The molecule has 0 spiro atoms. The van der Waals surface area contributed by atoms with Crippen LogP contribution >= 0.6 is 0 Å². The van der Waals surface area contributed by atoms with Gasteiger partial charge in [0, 0.05) is 33.7 Å². The SMILES string of the molecule is Cc1ccc(CNC(=O)c2nc3n(c(=O)c2O)[C@H](C)CCCC3N(C)C(=O)C(=O)N(C)C)cc1F. The van der Waals surface area contributed by atoms with Gasteiger partial charge in [-0.05, 0) is 50.3 Å². The van der Waals surface area contributed by atoms with E-state index in [1.165, 1.54) is 36.7 Å². The number of carbonyl (C=O) groups is 3. The number of carbonyl (C=O) groups excluding carboxylic acids is 3. The van der Waals surface area contributed by atoms with E-state index in [1.807, 2.05) is 0 Å². The van der Waals surface area contributed by atoms with Crippen LogP contribution in [0.15, 0.2) is 23.0 Å². The van der Waals surface area contributed by atoms with Gasteiger partial charge in [0.15, 0.2) is 5.69 Å². The van der Waals surface area contributed by atoms with Crippen molar-refractivity contribution in [3.63, 3.8) is 0 Å². The Hall–Kier alpha value is -3.76. The number of aromatic hydroxyl groups is 1. The second-order valence-electron chi connectivity index (χ2n) is 9.02. The van der Waals surface area contributed by atoms with Crippen molar-refractivity contribution in [1.29, 1.82) is 0 Å². The number of likely N-dealkylation sites (N-methyl/N-ethyl adjacent to an activating group) is 2. The predicted molar refractivity (Wildman–Crippen MR) is 125 cm³/mol. The van der Waals surface area contributed by atoms with E-state index in [2.05, 4.69) is 10.3 Å². The molecule has 1 aromatic carbocycles. The minimum Gasteiger partial charge on any atom is -0.501 e. The van der Waals surface area contributed by atoms with Gasteiger partial charge in [0.1, 0.15) is 11.6 Å². The van der Waals surface area contributed by atoms with Crippen molar-refractivity contribution >= 4 is 17.7 Å². The molecule has 0 radical (unpaired) electrons. The molecule has 0 saturated heterocycles. The highest BCUT2D eigenvalue weighted by Gasteiger charge is 2.35. The van der Waals surface area contributed by atoms with Crippen molar-refractivity contribution in [1.82, 2.24) is 24.7 Å². The van der Waals surface area contributed by atoms with Crippen LogP contribution in [-0.2, 0) is 16.1 Å². The van der Waals surface area contributed by atoms with E-state index in [-0.39, 0.29) is 18.4 Å². The van der Waals surface area contributed by atoms with Gasteiger partial charge in [-0.3, -0.25) is 23.7 Å². The zero-order chi connectivity index (χ0) is 26.0. The third-order valence-corrected chi connectivity index (χ3v) is 6.24. The van der Waals surface area contributed by atoms with Crippen molar-refractivity contribution in [2.75, 3.05) is 21.1 Å². The van der Waals surface area contributed by atoms with Gasteiger partial charge in [-0.1, -0.05) is 12.1 Å². The van der Waals surface area contributed by atoms with Crippen molar-refractivity contribution in [3.8, 4) is 5.75 Å². The quantitative estimate of drug-likeness (QED) is 0.632. The summed E-state index contributed by atoms with van der Waals surface area (Å²) in [7, 11) is 4.36. The fraction of sp³-hybridized carbons (Fsp3) is 0.458. The first-order valence-corrected chi connectivity index (χ1v) is 11.3. The molecule has 1 aromatic heterocycles. The number of nitrogens with one attached hydrogen (secondary N) is 1. The molecular weight excluding hydrogens is 457 g/mol. The summed E-state index contributed by atoms with van der Waals surface area (Å²) in [6, 6.07) is 3.41. The Balaban J connectivity index is 1.99.